The Bertz CT molecular complexity index is 515. The van der Waals surface area contributed by atoms with E-state index in [-0.39, 0.29) is 0 Å². The molecule has 0 radical (unpaired) electrons. The van der Waals surface area contributed by atoms with Gasteiger partial charge in [-0.05, 0) is 38.1 Å². The van der Waals surface area contributed by atoms with E-state index in [2.05, 4.69) is 17.5 Å². The molecule has 1 aromatic rings. The average molecular weight is 306 g/mol. The summed E-state index contributed by atoms with van der Waals surface area (Å²) in [7, 11) is 0. The fourth-order valence-corrected chi connectivity index (χ4v) is 3.28. The molecule has 0 aromatic heterocycles. The van der Waals surface area contributed by atoms with Gasteiger partial charge >= 0.3 is 0 Å². The smallest absolute Gasteiger partial charge is 0.162 e. The van der Waals surface area contributed by atoms with E-state index < -0.39 is 5.54 Å². The maximum absolute atomic E-state index is 9.24. The van der Waals surface area contributed by atoms with E-state index in [0.717, 1.165) is 41.5 Å². The Morgan fingerprint density at radius 2 is 2.10 bits per heavy atom. The van der Waals surface area contributed by atoms with E-state index in [1.54, 1.807) is 11.8 Å². The molecule has 0 spiro atoms. The summed E-state index contributed by atoms with van der Waals surface area (Å²) in [6.07, 6.45) is 1.72. The Kier molecular flexibility index (Phi) is 5.77. The monoisotopic (exact) mass is 306 g/mol. The van der Waals surface area contributed by atoms with E-state index in [4.69, 9.17) is 9.47 Å². The van der Waals surface area contributed by atoms with Crippen molar-refractivity contribution in [3.05, 3.63) is 18.2 Å². The molecule has 0 amide bonds. The number of nitrogens with one attached hydrogen (secondary N) is 1. The van der Waals surface area contributed by atoms with Crippen molar-refractivity contribution in [3.63, 3.8) is 0 Å². The molecule has 1 N–H and O–H groups in total. The highest BCUT2D eigenvalue weighted by molar-refractivity contribution is 7.99. The lowest BCUT2D eigenvalue weighted by atomic mass is 10.0. The van der Waals surface area contributed by atoms with Crippen LogP contribution < -0.4 is 14.8 Å². The molecule has 5 heteroatoms. The van der Waals surface area contributed by atoms with Crippen molar-refractivity contribution in [2.45, 2.75) is 37.1 Å². The van der Waals surface area contributed by atoms with Gasteiger partial charge in [-0.3, -0.25) is 5.32 Å². The van der Waals surface area contributed by atoms with Crippen LogP contribution in [0.25, 0.3) is 0 Å². The summed E-state index contributed by atoms with van der Waals surface area (Å²) in [4.78, 5) is 1.15. The second-order valence-corrected chi connectivity index (χ2v) is 6.40. The molecular weight excluding hydrogens is 284 g/mol. The lowest BCUT2D eigenvalue weighted by molar-refractivity contribution is 0.297. The van der Waals surface area contributed by atoms with Crippen molar-refractivity contribution in [2.75, 3.05) is 25.5 Å². The van der Waals surface area contributed by atoms with Crippen LogP contribution in [0.4, 0.5) is 0 Å². The van der Waals surface area contributed by atoms with Gasteiger partial charge in [-0.2, -0.15) is 5.26 Å². The van der Waals surface area contributed by atoms with Crippen LogP contribution in [-0.4, -0.2) is 31.1 Å². The normalized spacial score (nSPS) is 16.6. The molecule has 1 aliphatic rings. The van der Waals surface area contributed by atoms with Crippen molar-refractivity contribution in [1.82, 2.24) is 5.32 Å². The molecule has 114 valence electrons. The van der Waals surface area contributed by atoms with Crippen molar-refractivity contribution in [2.24, 2.45) is 0 Å². The molecule has 0 bridgehead atoms. The Morgan fingerprint density at radius 3 is 2.81 bits per heavy atom. The number of nitriles is 1. The van der Waals surface area contributed by atoms with Crippen LogP contribution in [0.3, 0.4) is 0 Å². The quantitative estimate of drug-likeness (QED) is 0.818. The number of hydrogen-bond acceptors (Lipinski definition) is 5. The Balaban J connectivity index is 1.92. The molecule has 4 nitrogen and oxygen atoms in total. The zero-order valence-corrected chi connectivity index (χ0v) is 13.5. The Hall–Kier alpha value is -1.38. The lowest BCUT2D eigenvalue weighted by Crippen LogP contribution is -2.41. The SMILES string of the molecule is CCNC(C)(C#N)CCSc1ccc2c(c1)OCCCO2. The molecule has 0 saturated carbocycles. The summed E-state index contributed by atoms with van der Waals surface area (Å²) >= 11 is 1.74. The van der Waals surface area contributed by atoms with Crippen LogP contribution in [-0.2, 0) is 0 Å². The number of nitrogens with zero attached hydrogens (tertiary/aromatic N) is 1. The summed E-state index contributed by atoms with van der Waals surface area (Å²) in [5, 5.41) is 12.5. The minimum atomic E-state index is -0.451. The average Bonchev–Trinajstić information content (AvgIpc) is 2.72. The Labute approximate surface area is 130 Å². The molecule has 1 aromatic carbocycles. The molecule has 0 saturated heterocycles. The van der Waals surface area contributed by atoms with Gasteiger partial charge in [-0.1, -0.05) is 6.92 Å². The minimum Gasteiger partial charge on any atom is -0.490 e. The highest BCUT2D eigenvalue weighted by Gasteiger charge is 2.21. The number of fused-ring (bicyclic) bond motifs is 1. The first-order chi connectivity index (χ1) is 10.2. The van der Waals surface area contributed by atoms with Gasteiger partial charge in [0.05, 0.1) is 19.3 Å². The zero-order chi connectivity index (χ0) is 15.1. The molecule has 0 aliphatic carbocycles. The summed E-state index contributed by atoms with van der Waals surface area (Å²) < 4.78 is 11.3. The largest absolute Gasteiger partial charge is 0.490 e. The topological polar surface area (TPSA) is 54.3 Å². The maximum Gasteiger partial charge on any atom is 0.162 e. The molecular formula is C16H22N2O2S. The molecule has 1 atom stereocenters. The van der Waals surface area contributed by atoms with Gasteiger partial charge < -0.3 is 9.47 Å². The predicted octanol–water partition coefficient (Wildman–Crippen LogP) is 3.22. The summed E-state index contributed by atoms with van der Waals surface area (Å²) in [5.41, 5.74) is -0.451. The zero-order valence-electron chi connectivity index (χ0n) is 12.6. The number of benzene rings is 1. The van der Waals surface area contributed by atoms with Crippen LogP contribution >= 0.6 is 11.8 Å². The number of ether oxygens (including phenoxy) is 2. The summed E-state index contributed by atoms with van der Waals surface area (Å²) in [5.74, 6) is 2.54. The van der Waals surface area contributed by atoms with Crippen LogP contribution in [0.5, 0.6) is 11.5 Å². The standard InChI is InChI=1S/C16H22N2O2S/c1-3-18-16(2,12-17)7-10-21-13-5-6-14-15(11-13)20-9-4-8-19-14/h5-6,11,18H,3-4,7-10H2,1-2H3. The van der Waals surface area contributed by atoms with Crippen molar-refractivity contribution in [3.8, 4) is 17.6 Å². The van der Waals surface area contributed by atoms with E-state index >= 15 is 0 Å². The summed E-state index contributed by atoms with van der Waals surface area (Å²) in [6.45, 7) is 6.19. The molecule has 2 rings (SSSR count). The van der Waals surface area contributed by atoms with Crippen LogP contribution in [0.2, 0.25) is 0 Å². The molecule has 1 unspecified atom stereocenters. The van der Waals surface area contributed by atoms with Crippen LogP contribution in [0.1, 0.15) is 26.7 Å². The molecule has 1 aliphatic heterocycles. The number of thioether (sulfide) groups is 1. The molecule has 21 heavy (non-hydrogen) atoms. The van der Waals surface area contributed by atoms with Gasteiger partial charge in [-0.25, -0.2) is 0 Å². The van der Waals surface area contributed by atoms with Gasteiger partial charge in [0, 0.05) is 17.1 Å². The highest BCUT2D eigenvalue weighted by Crippen LogP contribution is 2.34. The number of rotatable bonds is 6. The van der Waals surface area contributed by atoms with Gasteiger partial charge in [0.2, 0.25) is 0 Å². The third-order valence-electron chi connectivity index (χ3n) is 3.40. The molecule has 0 fully saturated rings. The van der Waals surface area contributed by atoms with Gasteiger partial charge in [-0.15, -0.1) is 11.8 Å². The molecule has 1 heterocycles. The number of hydrogen-bond donors (Lipinski definition) is 1. The van der Waals surface area contributed by atoms with Crippen molar-refractivity contribution in [1.29, 1.82) is 5.26 Å². The first kappa shape index (κ1) is 16.0. The van der Waals surface area contributed by atoms with Gasteiger partial charge in [0.15, 0.2) is 11.5 Å². The van der Waals surface area contributed by atoms with Crippen molar-refractivity contribution >= 4 is 11.8 Å². The fraction of sp³-hybridized carbons (Fsp3) is 0.562. The van der Waals surface area contributed by atoms with E-state index in [1.165, 1.54) is 0 Å². The van der Waals surface area contributed by atoms with Gasteiger partial charge in [0.25, 0.3) is 0 Å². The van der Waals surface area contributed by atoms with Crippen molar-refractivity contribution < 1.29 is 9.47 Å². The van der Waals surface area contributed by atoms with E-state index in [1.807, 2.05) is 26.0 Å². The first-order valence-electron chi connectivity index (χ1n) is 7.35. The first-order valence-corrected chi connectivity index (χ1v) is 8.34. The third-order valence-corrected chi connectivity index (χ3v) is 4.40. The third kappa shape index (κ3) is 4.55. The fourth-order valence-electron chi connectivity index (χ4n) is 2.18. The second kappa shape index (κ2) is 7.58. The van der Waals surface area contributed by atoms with Crippen LogP contribution in [0.15, 0.2) is 23.1 Å². The van der Waals surface area contributed by atoms with E-state index in [9.17, 15) is 5.26 Å². The van der Waals surface area contributed by atoms with Crippen LogP contribution in [0, 0.1) is 11.3 Å². The Morgan fingerprint density at radius 1 is 1.33 bits per heavy atom. The lowest BCUT2D eigenvalue weighted by Gasteiger charge is -2.22. The summed E-state index contributed by atoms with van der Waals surface area (Å²) in [6, 6.07) is 8.40. The van der Waals surface area contributed by atoms with E-state index in [0.29, 0.717) is 13.2 Å². The maximum atomic E-state index is 9.24. The minimum absolute atomic E-state index is 0.451. The highest BCUT2D eigenvalue weighted by atomic mass is 32.2. The van der Waals surface area contributed by atoms with Gasteiger partial charge in [0.1, 0.15) is 5.54 Å². The predicted molar refractivity (Wildman–Crippen MR) is 85.1 cm³/mol. The second-order valence-electron chi connectivity index (χ2n) is 5.23.